The van der Waals surface area contributed by atoms with Crippen molar-refractivity contribution in [3.05, 3.63) is 76.3 Å². The third-order valence-corrected chi connectivity index (χ3v) is 5.44. The highest BCUT2D eigenvalue weighted by Gasteiger charge is 2.06. The Morgan fingerprint density at radius 3 is 2.72 bits per heavy atom. The van der Waals surface area contributed by atoms with Gasteiger partial charge in [0.1, 0.15) is 5.75 Å². The number of likely N-dealkylation sites (N-methyl/N-ethyl adjacent to an activating group) is 1. The molecule has 0 spiro atoms. The zero-order valence-electron chi connectivity index (χ0n) is 18.8. The van der Waals surface area contributed by atoms with E-state index in [9.17, 15) is 9.59 Å². The van der Waals surface area contributed by atoms with Gasteiger partial charge in [-0.05, 0) is 43.1 Å². The Morgan fingerprint density at radius 1 is 1.12 bits per heavy atom. The highest BCUT2D eigenvalue weighted by atomic mass is 32.1. The fourth-order valence-electron chi connectivity index (χ4n) is 2.83. The van der Waals surface area contributed by atoms with E-state index in [1.54, 1.807) is 24.3 Å². The molecule has 0 radical (unpaired) electrons. The SMILES string of the molecule is C=C(C)COCCN(CC)CCNC(=O)COc1ccc2sccccccc(=O)c2c1. The normalized spacial score (nSPS) is 10.6. The Bertz CT molecular complexity index is 1000. The molecule has 1 aromatic carbocycles. The first-order valence-corrected chi connectivity index (χ1v) is 11.6. The van der Waals surface area contributed by atoms with Gasteiger partial charge < -0.3 is 14.8 Å². The monoisotopic (exact) mass is 456 g/mol. The first-order chi connectivity index (χ1) is 15.5. The molecule has 0 bridgehead atoms. The predicted molar refractivity (Wildman–Crippen MR) is 132 cm³/mol. The van der Waals surface area contributed by atoms with E-state index >= 15 is 0 Å². The van der Waals surface area contributed by atoms with Gasteiger partial charge in [0.15, 0.2) is 12.0 Å². The van der Waals surface area contributed by atoms with Gasteiger partial charge in [0.25, 0.3) is 5.91 Å². The Morgan fingerprint density at radius 2 is 1.94 bits per heavy atom. The van der Waals surface area contributed by atoms with Crippen molar-refractivity contribution in [3.8, 4) is 5.75 Å². The fourth-order valence-corrected chi connectivity index (χ4v) is 3.58. The maximum absolute atomic E-state index is 12.5. The van der Waals surface area contributed by atoms with E-state index in [1.165, 1.54) is 17.4 Å². The third-order valence-electron chi connectivity index (χ3n) is 4.54. The Labute approximate surface area is 193 Å². The van der Waals surface area contributed by atoms with E-state index in [4.69, 9.17) is 9.47 Å². The van der Waals surface area contributed by atoms with E-state index in [0.29, 0.717) is 30.9 Å². The second-order valence-electron chi connectivity index (χ2n) is 7.30. The van der Waals surface area contributed by atoms with Crippen molar-refractivity contribution in [1.82, 2.24) is 10.2 Å². The molecule has 2 aromatic rings. The first-order valence-electron chi connectivity index (χ1n) is 10.7. The standard InChI is InChI=1S/C25H32N2O4S/c1-4-27(14-15-30-18-20(2)3)13-12-26-25(29)19-31-21-10-11-24-22(17-21)23(28)9-7-5-6-8-16-32-24/h5-11,16-17H,2,4,12-15,18-19H2,1,3H3,(H,26,29). The van der Waals surface area contributed by atoms with Gasteiger partial charge in [-0.3, -0.25) is 14.5 Å². The molecule has 1 aromatic heterocycles. The summed E-state index contributed by atoms with van der Waals surface area (Å²) in [5, 5.41) is 5.34. The molecule has 0 saturated carbocycles. The second kappa shape index (κ2) is 14.3. The zero-order valence-corrected chi connectivity index (χ0v) is 19.7. The molecule has 1 amide bonds. The summed E-state index contributed by atoms with van der Waals surface area (Å²) in [6.07, 6.45) is 0. The van der Waals surface area contributed by atoms with Crippen LogP contribution in [0, 0.1) is 0 Å². The molecule has 0 aliphatic rings. The lowest BCUT2D eigenvalue weighted by Crippen LogP contribution is -2.38. The predicted octanol–water partition coefficient (Wildman–Crippen LogP) is 3.80. The van der Waals surface area contributed by atoms with Crippen LogP contribution in [0.2, 0.25) is 0 Å². The van der Waals surface area contributed by atoms with Gasteiger partial charge in [-0.2, -0.15) is 0 Å². The highest BCUT2D eigenvalue weighted by Crippen LogP contribution is 2.19. The van der Waals surface area contributed by atoms with Crippen molar-refractivity contribution in [2.45, 2.75) is 13.8 Å². The van der Waals surface area contributed by atoms with E-state index in [1.807, 2.05) is 30.5 Å². The van der Waals surface area contributed by atoms with Crippen LogP contribution in [-0.4, -0.2) is 56.8 Å². The van der Waals surface area contributed by atoms with Crippen molar-refractivity contribution >= 4 is 27.3 Å². The Kier molecular flexibility index (Phi) is 11.4. The Hall–Kier alpha value is -2.74. The topological polar surface area (TPSA) is 67.9 Å². The molecule has 6 nitrogen and oxygen atoms in total. The quantitative estimate of drug-likeness (QED) is 0.389. The number of carbonyl (C=O) groups is 1. The van der Waals surface area contributed by atoms with Crippen LogP contribution >= 0.6 is 11.3 Å². The number of fused-ring (bicyclic) bond motifs is 1. The van der Waals surface area contributed by atoms with Crippen LogP contribution in [0.1, 0.15) is 13.8 Å². The van der Waals surface area contributed by atoms with Crippen molar-refractivity contribution in [3.63, 3.8) is 0 Å². The maximum Gasteiger partial charge on any atom is 0.257 e. The summed E-state index contributed by atoms with van der Waals surface area (Å²) in [6.45, 7) is 11.9. The van der Waals surface area contributed by atoms with Gasteiger partial charge in [-0.25, -0.2) is 0 Å². The lowest BCUT2D eigenvalue weighted by molar-refractivity contribution is -0.123. The lowest BCUT2D eigenvalue weighted by atomic mass is 10.2. The summed E-state index contributed by atoms with van der Waals surface area (Å²) in [7, 11) is 0. The summed E-state index contributed by atoms with van der Waals surface area (Å²) < 4.78 is 12.0. The van der Waals surface area contributed by atoms with Crippen molar-refractivity contribution < 1.29 is 14.3 Å². The number of carbonyl (C=O) groups excluding carboxylic acids is 1. The highest BCUT2D eigenvalue weighted by molar-refractivity contribution is 7.16. The van der Waals surface area contributed by atoms with E-state index in [-0.39, 0.29) is 17.9 Å². The summed E-state index contributed by atoms with van der Waals surface area (Å²) in [6, 6.07) is 14.1. The van der Waals surface area contributed by atoms with E-state index < -0.39 is 0 Å². The molecule has 0 aliphatic heterocycles. The van der Waals surface area contributed by atoms with E-state index in [0.717, 1.165) is 29.9 Å². The lowest BCUT2D eigenvalue weighted by Gasteiger charge is -2.20. The van der Waals surface area contributed by atoms with Crippen molar-refractivity contribution in [1.29, 1.82) is 0 Å². The number of rotatable bonds is 12. The van der Waals surface area contributed by atoms with Crippen LogP contribution in [0.3, 0.4) is 0 Å². The molecular weight excluding hydrogens is 424 g/mol. The van der Waals surface area contributed by atoms with Gasteiger partial charge in [0.2, 0.25) is 0 Å². The average Bonchev–Trinajstić information content (AvgIpc) is 2.78. The Balaban J connectivity index is 1.85. The molecule has 0 aliphatic carbocycles. The fraction of sp³-hybridized carbons (Fsp3) is 0.360. The molecule has 1 heterocycles. The van der Waals surface area contributed by atoms with Crippen LogP contribution < -0.4 is 15.5 Å². The van der Waals surface area contributed by atoms with Crippen LogP contribution in [0.4, 0.5) is 0 Å². The average molecular weight is 457 g/mol. The number of hydrogen-bond donors (Lipinski definition) is 1. The van der Waals surface area contributed by atoms with Crippen molar-refractivity contribution in [2.75, 3.05) is 46.0 Å². The molecule has 172 valence electrons. The minimum atomic E-state index is -0.201. The molecule has 0 unspecified atom stereocenters. The van der Waals surface area contributed by atoms with E-state index in [2.05, 4.69) is 23.7 Å². The van der Waals surface area contributed by atoms with Gasteiger partial charge in [-0.1, -0.05) is 43.3 Å². The van der Waals surface area contributed by atoms with Crippen LogP contribution in [0.5, 0.6) is 5.75 Å². The maximum atomic E-state index is 12.5. The van der Waals surface area contributed by atoms with Gasteiger partial charge in [0.05, 0.1) is 13.2 Å². The summed E-state index contributed by atoms with van der Waals surface area (Å²) in [5.74, 6) is 0.288. The smallest absolute Gasteiger partial charge is 0.257 e. The number of amides is 1. The summed E-state index contributed by atoms with van der Waals surface area (Å²) in [4.78, 5) is 26.8. The molecule has 0 saturated heterocycles. The van der Waals surface area contributed by atoms with Crippen LogP contribution in [0.15, 0.2) is 70.9 Å². The number of nitrogens with zero attached hydrogens (tertiary/aromatic N) is 1. The van der Waals surface area contributed by atoms with Gasteiger partial charge >= 0.3 is 0 Å². The number of hydrogen-bond acceptors (Lipinski definition) is 6. The molecule has 2 rings (SSSR count). The third kappa shape index (κ3) is 9.60. The van der Waals surface area contributed by atoms with Crippen molar-refractivity contribution in [2.24, 2.45) is 0 Å². The molecular formula is C25H32N2O4S. The molecule has 7 heteroatoms. The molecule has 0 atom stereocenters. The summed E-state index contributed by atoms with van der Waals surface area (Å²) in [5.41, 5.74) is 0.902. The minimum Gasteiger partial charge on any atom is -0.484 e. The van der Waals surface area contributed by atoms with Crippen LogP contribution in [-0.2, 0) is 9.53 Å². The molecule has 0 fully saturated rings. The number of ether oxygens (including phenoxy) is 2. The second-order valence-corrected chi connectivity index (χ2v) is 8.24. The van der Waals surface area contributed by atoms with Crippen LogP contribution in [0.25, 0.3) is 10.1 Å². The number of nitrogens with one attached hydrogen (secondary N) is 1. The first kappa shape index (κ1) is 25.5. The number of benzene rings is 1. The molecule has 32 heavy (non-hydrogen) atoms. The van der Waals surface area contributed by atoms with Gasteiger partial charge in [0, 0.05) is 29.7 Å². The zero-order chi connectivity index (χ0) is 23.2. The summed E-state index contributed by atoms with van der Waals surface area (Å²) >= 11 is 1.47. The molecule has 1 N–H and O–H groups in total. The largest absolute Gasteiger partial charge is 0.484 e. The minimum absolute atomic E-state index is 0.103. The van der Waals surface area contributed by atoms with Gasteiger partial charge in [-0.15, -0.1) is 11.3 Å².